The van der Waals surface area contributed by atoms with Crippen molar-refractivity contribution in [3.63, 3.8) is 0 Å². The van der Waals surface area contributed by atoms with Crippen LogP contribution in [0.3, 0.4) is 0 Å². The first-order valence-electron chi connectivity index (χ1n) is 4.89. The number of aromatic nitrogens is 4. The summed E-state index contributed by atoms with van der Waals surface area (Å²) < 4.78 is 3.32. The highest BCUT2D eigenvalue weighted by Gasteiger charge is 2.06. The van der Waals surface area contributed by atoms with Crippen LogP contribution in [0.4, 0.5) is 5.69 Å². The fourth-order valence-corrected chi connectivity index (χ4v) is 1.45. The van der Waals surface area contributed by atoms with Crippen LogP contribution in [-0.4, -0.2) is 26.6 Å². The maximum atomic E-state index is 11.6. The third-order valence-corrected chi connectivity index (χ3v) is 2.31. The Bertz CT molecular complexity index is 569. The fourth-order valence-electron chi connectivity index (χ4n) is 1.45. The maximum absolute atomic E-state index is 11.6. The lowest BCUT2D eigenvalue weighted by molar-refractivity contribution is 0.764. The van der Waals surface area contributed by atoms with Gasteiger partial charge in [0.25, 0.3) is 0 Å². The summed E-state index contributed by atoms with van der Waals surface area (Å²) in [6.45, 7) is 1.69. The summed E-state index contributed by atoms with van der Waals surface area (Å²) >= 11 is 0. The predicted octanol–water partition coefficient (Wildman–Crippen LogP) is 0.316. The highest BCUT2D eigenvalue weighted by Crippen LogP contribution is 2.06. The highest BCUT2D eigenvalue weighted by atomic mass is 16.1. The maximum Gasteiger partial charge on any atom is 0.226 e. The lowest BCUT2D eigenvalue weighted by atomic mass is 10.3. The summed E-state index contributed by atoms with van der Waals surface area (Å²) in [4.78, 5) is 11.6. The molecule has 6 heteroatoms. The molecule has 2 rings (SSSR count). The van der Waals surface area contributed by atoms with Crippen LogP contribution in [-0.2, 0) is 7.05 Å². The second-order valence-corrected chi connectivity index (χ2v) is 3.52. The standard InChI is InChI=1S/C10H13N5O/c1-7-10(16)9(11-2)6-15(13-7)8-4-12-14(3)5-8/h4-6,11H,1-3H3. The Morgan fingerprint density at radius 2 is 2.12 bits per heavy atom. The van der Waals surface area contributed by atoms with Crippen molar-refractivity contribution >= 4 is 5.69 Å². The fraction of sp³-hybridized carbons (Fsp3) is 0.300. The molecule has 0 atom stereocenters. The van der Waals surface area contributed by atoms with Gasteiger partial charge in [-0.3, -0.25) is 9.48 Å². The monoisotopic (exact) mass is 219 g/mol. The topological polar surface area (TPSA) is 64.7 Å². The molecule has 0 aliphatic carbocycles. The Morgan fingerprint density at radius 1 is 1.38 bits per heavy atom. The van der Waals surface area contributed by atoms with Crippen LogP contribution in [0.2, 0.25) is 0 Å². The molecule has 0 bridgehead atoms. The van der Waals surface area contributed by atoms with Crippen molar-refractivity contribution in [2.45, 2.75) is 6.92 Å². The van der Waals surface area contributed by atoms with Gasteiger partial charge in [-0.1, -0.05) is 0 Å². The molecule has 0 radical (unpaired) electrons. The molecule has 2 aromatic rings. The van der Waals surface area contributed by atoms with Crippen LogP contribution < -0.4 is 10.7 Å². The van der Waals surface area contributed by atoms with Gasteiger partial charge in [-0.15, -0.1) is 0 Å². The number of rotatable bonds is 2. The molecule has 0 saturated heterocycles. The Labute approximate surface area is 92.5 Å². The Morgan fingerprint density at radius 3 is 2.69 bits per heavy atom. The van der Waals surface area contributed by atoms with E-state index in [1.54, 1.807) is 35.7 Å². The molecular weight excluding hydrogens is 206 g/mol. The van der Waals surface area contributed by atoms with E-state index < -0.39 is 0 Å². The summed E-state index contributed by atoms with van der Waals surface area (Å²) in [6, 6.07) is 0. The Kier molecular flexibility index (Phi) is 2.47. The molecule has 0 aromatic carbocycles. The molecule has 2 heterocycles. The lowest BCUT2D eigenvalue weighted by Gasteiger charge is -2.06. The van der Waals surface area contributed by atoms with Gasteiger partial charge in [0.2, 0.25) is 5.43 Å². The van der Waals surface area contributed by atoms with E-state index in [0.717, 1.165) is 5.69 Å². The normalized spacial score (nSPS) is 10.4. The molecule has 6 nitrogen and oxygen atoms in total. The largest absolute Gasteiger partial charge is 0.384 e. The van der Waals surface area contributed by atoms with Gasteiger partial charge in [0.05, 0.1) is 18.6 Å². The average molecular weight is 219 g/mol. The van der Waals surface area contributed by atoms with E-state index in [0.29, 0.717) is 11.4 Å². The summed E-state index contributed by atoms with van der Waals surface area (Å²) in [7, 11) is 3.54. The first-order valence-corrected chi connectivity index (χ1v) is 4.89. The minimum atomic E-state index is -0.0809. The molecule has 0 aliphatic rings. The third kappa shape index (κ3) is 1.69. The summed E-state index contributed by atoms with van der Waals surface area (Å²) in [6.07, 6.45) is 5.18. The van der Waals surface area contributed by atoms with Gasteiger partial charge in [-0.25, -0.2) is 4.68 Å². The molecule has 16 heavy (non-hydrogen) atoms. The molecular formula is C10H13N5O. The quantitative estimate of drug-likeness (QED) is 0.789. The number of aryl methyl sites for hydroxylation is 2. The van der Waals surface area contributed by atoms with Crippen molar-refractivity contribution in [2.24, 2.45) is 7.05 Å². The molecule has 1 N–H and O–H groups in total. The molecule has 0 amide bonds. The summed E-state index contributed by atoms with van der Waals surface area (Å²) in [5, 5.41) is 11.1. The zero-order chi connectivity index (χ0) is 11.7. The second kappa shape index (κ2) is 3.80. The van der Waals surface area contributed by atoms with Crippen LogP contribution in [0.25, 0.3) is 5.69 Å². The summed E-state index contributed by atoms with van der Waals surface area (Å²) in [5.74, 6) is 0. The Balaban J connectivity index is 2.58. The molecule has 84 valence electrons. The molecule has 0 fully saturated rings. The number of nitrogens with one attached hydrogen (secondary N) is 1. The van der Waals surface area contributed by atoms with Crippen molar-refractivity contribution in [1.29, 1.82) is 0 Å². The van der Waals surface area contributed by atoms with Crippen LogP contribution in [0.5, 0.6) is 0 Å². The van der Waals surface area contributed by atoms with Crippen molar-refractivity contribution < 1.29 is 0 Å². The minimum Gasteiger partial charge on any atom is -0.384 e. The van der Waals surface area contributed by atoms with Crippen molar-refractivity contribution in [2.75, 3.05) is 12.4 Å². The van der Waals surface area contributed by atoms with E-state index in [-0.39, 0.29) is 5.43 Å². The van der Waals surface area contributed by atoms with Gasteiger partial charge < -0.3 is 5.32 Å². The smallest absolute Gasteiger partial charge is 0.226 e. The van der Waals surface area contributed by atoms with E-state index in [1.165, 1.54) is 0 Å². The third-order valence-electron chi connectivity index (χ3n) is 2.31. The average Bonchev–Trinajstić information content (AvgIpc) is 2.69. The van der Waals surface area contributed by atoms with Crippen LogP contribution in [0, 0.1) is 6.92 Å². The number of hydrogen-bond donors (Lipinski definition) is 1. The van der Waals surface area contributed by atoms with E-state index >= 15 is 0 Å². The van der Waals surface area contributed by atoms with Crippen molar-refractivity contribution in [3.8, 4) is 5.69 Å². The van der Waals surface area contributed by atoms with Gasteiger partial charge in [-0.2, -0.15) is 10.2 Å². The highest BCUT2D eigenvalue weighted by molar-refractivity contribution is 5.42. The SMILES string of the molecule is CNc1cn(-c2cnn(C)c2)nc(C)c1=O. The van der Waals surface area contributed by atoms with Gasteiger partial charge in [0.15, 0.2) is 0 Å². The van der Waals surface area contributed by atoms with Crippen molar-refractivity contribution in [3.05, 3.63) is 34.5 Å². The summed E-state index contributed by atoms with van der Waals surface area (Å²) in [5.41, 5.74) is 1.72. The van der Waals surface area contributed by atoms with Gasteiger partial charge >= 0.3 is 0 Å². The lowest BCUT2D eigenvalue weighted by Crippen LogP contribution is -2.17. The zero-order valence-electron chi connectivity index (χ0n) is 9.43. The second-order valence-electron chi connectivity index (χ2n) is 3.52. The minimum absolute atomic E-state index is 0.0809. The number of anilines is 1. The first kappa shape index (κ1) is 10.4. The Hall–Kier alpha value is -2.11. The van der Waals surface area contributed by atoms with E-state index in [2.05, 4.69) is 15.5 Å². The van der Waals surface area contributed by atoms with Crippen LogP contribution in [0.1, 0.15) is 5.69 Å². The predicted molar refractivity (Wildman–Crippen MR) is 60.9 cm³/mol. The molecule has 2 aromatic heterocycles. The molecule has 0 saturated carbocycles. The van der Waals surface area contributed by atoms with Crippen LogP contribution in [0.15, 0.2) is 23.4 Å². The molecule has 0 aliphatic heterocycles. The number of hydrogen-bond acceptors (Lipinski definition) is 4. The first-order chi connectivity index (χ1) is 7.61. The number of nitrogens with zero attached hydrogens (tertiary/aromatic N) is 4. The van der Waals surface area contributed by atoms with Crippen LogP contribution >= 0.6 is 0 Å². The van der Waals surface area contributed by atoms with E-state index in [9.17, 15) is 4.79 Å². The van der Waals surface area contributed by atoms with Gasteiger partial charge in [0, 0.05) is 14.1 Å². The van der Waals surface area contributed by atoms with Gasteiger partial charge in [0.1, 0.15) is 17.1 Å². The van der Waals surface area contributed by atoms with Crippen molar-refractivity contribution in [1.82, 2.24) is 19.6 Å². The van der Waals surface area contributed by atoms with Gasteiger partial charge in [-0.05, 0) is 6.92 Å². The molecule has 0 unspecified atom stereocenters. The molecule has 0 spiro atoms. The zero-order valence-corrected chi connectivity index (χ0v) is 9.43. The van der Waals surface area contributed by atoms with E-state index in [4.69, 9.17) is 0 Å². The van der Waals surface area contributed by atoms with E-state index in [1.807, 2.05) is 13.2 Å².